The molecule has 0 radical (unpaired) electrons. The third-order valence-electron chi connectivity index (χ3n) is 5.17. The number of nitrogens with zero attached hydrogens (tertiary/aromatic N) is 3. The van der Waals surface area contributed by atoms with Crippen LogP contribution in [0.2, 0.25) is 0 Å². The second kappa shape index (κ2) is 7.31. The maximum atomic E-state index is 13.0. The third-order valence-corrected chi connectivity index (χ3v) is 5.17. The Kier molecular flexibility index (Phi) is 4.71. The highest BCUT2D eigenvalue weighted by molar-refractivity contribution is 5.98. The molecule has 0 bridgehead atoms. The molecule has 1 fully saturated rings. The summed E-state index contributed by atoms with van der Waals surface area (Å²) in [6.07, 6.45) is 4.67. The molecule has 3 heterocycles. The first-order valence-corrected chi connectivity index (χ1v) is 9.27. The maximum absolute atomic E-state index is 13.0. The van der Waals surface area contributed by atoms with Crippen molar-refractivity contribution < 1.29 is 9.53 Å². The molecule has 0 aliphatic carbocycles. The van der Waals surface area contributed by atoms with Gasteiger partial charge in [0.15, 0.2) is 0 Å². The van der Waals surface area contributed by atoms with E-state index in [1.54, 1.807) is 7.11 Å². The van der Waals surface area contributed by atoms with Gasteiger partial charge in [0.05, 0.1) is 7.11 Å². The lowest BCUT2D eigenvalue weighted by Crippen LogP contribution is -2.35. The molecule has 0 spiro atoms. The van der Waals surface area contributed by atoms with Crippen LogP contribution in [0, 0.1) is 6.92 Å². The Hall–Kier alpha value is -3.02. The lowest BCUT2D eigenvalue weighted by Gasteiger charge is -2.24. The summed E-state index contributed by atoms with van der Waals surface area (Å²) in [6, 6.07) is 9.75. The zero-order chi connectivity index (χ0) is 18.8. The van der Waals surface area contributed by atoms with Crippen molar-refractivity contribution in [2.75, 3.05) is 38.2 Å². The first-order chi connectivity index (χ1) is 13.2. The molecule has 1 amide bonds. The molecule has 2 aromatic heterocycles. The summed E-state index contributed by atoms with van der Waals surface area (Å²) in [5.74, 6) is 0.845. The quantitative estimate of drug-likeness (QED) is 0.775. The van der Waals surface area contributed by atoms with Crippen LogP contribution in [0.3, 0.4) is 0 Å². The smallest absolute Gasteiger partial charge is 0.270 e. The molecule has 1 aliphatic rings. The molecule has 6 nitrogen and oxygen atoms in total. The predicted octanol–water partition coefficient (Wildman–Crippen LogP) is 3.23. The fourth-order valence-corrected chi connectivity index (χ4v) is 3.71. The van der Waals surface area contributed by atoms with E-state index >= 15 is 0 Å². The zero-order valence-corrected chi connectivity index (χ0v) is 15.7. The van der Waals surface area contributed by atoms with E-state index in [0.29, 0.717) is 12.2 Å². The average Bonchev–Trinajstić information content (AvgIpc) is 2.96. The number of aromatic amines is 1. The molecule has 1 saturated heterocycles. The molecule has 1 aliphatic heterocycles. The molecule has 1 N–H and O–H groups in total. The van der Waals surface area contributed by atoms with E-state index in [1.807, 2.05) is 41.6 Å². The number of H-pyrrole nitrogens is 1. The van der Waals surface area contributed by atoms with Crippen molar-refractivity contribution in [3.05, 3.63) is 54.0 Å². The van der Waals surface area contributed by atoms with Crippen LogP contribution in [-0.4, -0.2) is 54.1 Å². The van der Waals surface area contributed by atoms with Gasteiger partial charge in [-0.05, 0) is 49.2 Å². The van der Waals surface area contributed by atoms with Crippen molar-refractivity contribution in [1.29, 1.82) is 0 Å². The largest absolute Gasteiger partial charge is 0.497 e. The van der Waals surface area contributed by atoms with Crippen molar-refractivity contribution in [1.82, 2.24) is 14.9 Å². The van der Waals surface area contributed by atoms with Gasteiger partial charge in [0.2, 0.25) is 0 Å². The highest BCUT2D eigenvalue weighted by Gasteiger charge is 2.22. The summed E-state index contributed by atoms with van der Waals surface area (Å²) >= 11 is 0. The van der Waals surface area contributed by atoms with Gasteiger partial charge in [0.25, 0.3) is 5.91 Å². The predicted molar refractivity (Wildman–Crippen MR) is 107 cm³/mol. The number of pyridine rings is 1. The van der Waals surface area contributed by atoms with Gasteiger partial charge < -0.3 is 19.5 Å². The van der Waals surface area contributed by atoms with Crippen LogP contribution in [0.5, 0.6) is 5.75 Å². The van der Waals surface area contributed by atoms with Gasteiger partial charge in [-0.1, -0.05) is 0 Å². The lowest BCUT2D eigenvalue weighted by molar-refractivity contribution is 0.0762. The van der Waals surface area contributed by atoms with Gasteiger partial charge >= 0.3 is 0 Å². The summed E-state index contributed by atoms with van der Waals surface area (Å²) in [5.41, 5.74) is 3.95. The van der Waals surface area contributed by atoms with E-state index in [4.69, 9.17) is 4.74 Å². The highest BCUT2D eigenvalue weighted by Crippen LogP contribution is 2.23. The van der Waals surface area contributed by atoms with E-state index in [2.05, 4.69) is 27.9 Å². The molecule has 140 valence electrons. The molecular formula is C21H24N4O2. The molecule has 0 unspecified atom stereocenters. The second-order valence-electron chi connectivity index (χ2n) is 6.93. The van der Waals surface area contributed by atoms with Gasteiger partial charge in [-0.3, -0.25) is 9.78 Å². The second-order valence-corrected chi connectivity index (χ2v) is 6.93. The number of rotatable bonds is 3. The van der Waals surface area contributed by atoms with Crippen LogP contribution < -0.4 is 9.64 Å². The van der Waals surface area contributed by atoms with Crippen LogP contribution in [0.4, 0.5) is 5.69 Å². The number of carbonyl (C=O) groups excluding carboxylic acids is 1. The number of aryl methyl sites for hydroxylation is 1. The summed E-state index contributed by atoms with van der Waals surface area (Å²) in [6.45, 7) is 5.31. The van der Waals surface area contributed by atoms with Crippen molar-refractivity contribution in [2.24, 2.45) is 0 Å². The monoisotopic (exact) mass is 364 g/mol. The van der Waals surface area contributed by atoms with Gasteiger partial charge in [0.1, 0.15) is 11.4 Å². The number of benzene rings is 1. The molecule has 3 aromatic rings. The zero-order valence-electron chi connectivity index (χ0n) is 15.7. The number of anilines is 1. The topological polar surface area (TPSA) is 61.5 Å². The number of hydrogen-bond donors (Lipinski definition) is 1. The number of fused-ring (bicyclic) bond motifs is 1. The molecule has 27 heavy (non-hydrogen) atoms. The van der Waals surface area contributed by atoms with Crippen molar-refractivity contribution in [3.63, 3.8) is 0 Å². The number of ether oxygens (including phenoxy) is 1. The van der Waals surface area contributed by atoms with Crippen LogP contribution in [0.15, 0.2) is 42.7 Å². The van der Waals surface area contributed by atoms with Gasteiger partial charge in [-0.2, -0.15) is 0 Å². The Balaban J connectivity index is 1.50. The van der Waals surface area contributed by atoms with Crippen molar-refractivity contribution in [2.45, 2.75) is 13.3 Å². The fraction of sp³-hybridized carbons (Fsp3) is 0.333. The summed E-state index contributed by atoms with van der Waals surface area (Å²) in [7, 11) is 1.65. The number of carbonyl (C=O) groups is 1. The molecule has 0 saturated carbocycles. The number of amides is 1. The molecule has 6 heteroatoms. The van der Waals surface area contributed by atoms with E-state index < -0.39 is 0 Å². The van der Waals surface area contributed by atoms with Crippen molar-refractivity contribution >= 4 is 22.5 Å². The third kappa shape index (κ3) is 3.47. The van der Waals surface area contributed by atoms with E-state index in [-0.39, 0.29) is 5.91 Å². The fourth-order valence-electron chi connectivity index (χ4n) is 3.71. The SMILES string of the molecule is COc1ccc2[nH]c(C(=O)N3CCCN(c4ccncc4C)CC3)cc2c1. The first kappa shape index (κ1) is 17.4. The first-order valence-electron chi connectivity index (χ1n) is 9.27. The van der Waals surface area contributed by atoms with E-state index in [1.165, 1.54) is 11.3 Å². The summed E-state index contributed by atoms with van der Waals surface area (Å²) < 4.78 is 5.27. The Morgan fingerprint density at radius 3 is 2.85 bits per heavy atom. The Bertz CT molecular complexity index is 966. The van der Waals surface area contributed by atoms with Gasteiger partial charge in [-0.15, -0.1) is 0 Å². The number of hydrogen-bond acceptors (Lipinski definition) is 4. The summed E-state index contributed by atoms with van der Waals surface area (Å²) in [5, 5.41) is 0.988. The maximum Gasteiger partial charge on any atom is 0.270 e. The number of nitrogens with one attached hydrogen (secondary N) is 1. The van der Waals surface area contributed by atoms with E-state index in [0.717, 1.165) is 42.7 Å². The highest BCUT2D eigenvalue weighted by atomic mass is 16.5. The average molecular weight is 364 g/mol. The normalized spacial score (nSPS) is 15.0. The van der Waals surface area contributed by atoms with Crippen LogP contribution in [0.25, 0.3) is 10.9 Å². The molecule has 1 aromatic carbocycles. The minimum absolute atomic E-state index is 0.0541. The van der Waals surface area contributed by atoms with E-state index in [9.17, 15) is 4.79 Å². The van der Waals surface area contributed by atoms with Crippen LogP contribution in [-0.2, 0) is 0 Å². The molecule has 4 rings (SSSR count). The minimum atomic E-state index is 0.0541. The van der Waals surface area contributed by atoms with Crippen LogP contribution in [0.1, 0.15) is 22.5 Å². The Labute approximate surface area is 158 Å². The molecular weight excluding hydrogens is 340 g/mol. The summed E-state index contributed by atoms with van der Waals surface area (Å²) in [4.78, 5) is 24.7. The Morgan fingerprint density at radius 2 is 2.04 bits per heavy atom. The number of aromatic nitrogens is 2. The minimum Gasteiger partial charge on any atom is -0.497 e. The standard InChI is InChI=1S/C21H24N4O2/c1-15-14-22-7-6-20(15)24-8-3-9-25(11-10-24)21(26)19-13-16-12-17(27-2)4-5-18(16)23-19/h4-7,12-14,23H,3,8-11H2,1-2H3. The Morgan fingerprint density at radius 1 is 1.15 bits per heavy atom. The number of methoxy groups -OCH3 is 1. The lowest BCUT2D eigenvalue weighted by atomic mass is 10.2. The van der Waals surface area contributed by atoms with Gasteiger partial charge in [-0.25, -0.2) is 0 Å². The van der Waals surface area contributed by atoms with Crippen LogP contribution >= 0.6 is 0 Å². The molecule has 0 atom stereocenters. The van der Waals surface area contributed by atoms with Crippen molar-refractivity contribution in [3.8, 4) is 5.75 Å². The van der Waals surface area contributed by atoms with Gasteiger partial charge in [0, 0.05) is 55.2 Å².